The van der Waals surface area contributed by atoms with Gasteiger partial charge in [0.15, 0.2) is 5.16 Å². The number of rotatable bonds is 7. The number of halogens is 2. The van der Waals surface area contributed by atoms with E-state index in [-0.39, 0.29) is 16.4 Å². The molecular weight excluding hydrogens is 473 g/mol. The monoisotopic (exact) mass is 489 g/mol. The third-order valence-corrected chi connectivity index (χ3v) is 6.74. The SMILES string of the molecule is CCCn1c(SCc2nnc(C(=O)Nc3ccc(F)cc3)s2)nc2cc(Cl)ccc2c1=O. The van der Waals surface area contributed by atoms with E-state index in [1.54, 1.807) is 22.8 Å². The van der Waals surface area contributed by atoms with Crippen LogP contribution in [0.4, 0.5) is 10.1 Å². The van der Waals surface area contributed by atoms with Crippen molar-refractivity contribution in [3.63, 3.8) is 0 Å². The smallest absolute Gasteiger partial charge is 0.286 e. The number of fused-ring (bicyclic) bond motifs is 1. The Morgan fingerprint density at radius 3 is 2.75 bits per heavy atom. The van der Waals surface area contributed by atoms with Crippen LogP contribution in [0.25, 0.3) is 10.9 Å². The summed E-state index contributed by atoms with van der Waals surface area (Å²) in [6.07, 6.45) is 0.779. The Morgan fingerprint density at radius 2 is 2.00 bits per heavy atom. The Labute approximate surface area is 195 Å². The summed E-state index contributed by atoms with van der Waals surface area (Å²) in [5.74, 6) is -0.417. The van der Waals surface area contributed by atoms with E-state index < -0.39 is 5.91 Å². The van der Waals surface area contributed by atoms with Gasteiger partial charge in [0.1, 0.15) is 10.8 Å². The third-order valence-electron chi connectivity index (χ3n) is 4.42. The molecular formula is C21H17ClFN5O2S2. The van der Waals surface area contributed by atoms with Gasteiger partial charge in [0.2, 0.25) is 5.01 Å². The van der Waals surface area contributed by atoms with Crippen LogP contribution in [0.15, 0.2) is 52.4 Å². The van der Waals surface area contributed by atoms with Gasteiger partial charge in [0.25, 0.3) is 11.5 Å². The van der Waals surface area contributed by atoms with Gasteiger partial charge >= 0.3 is 0 Å². The minimum Gasteiger partial charge on any atom is -0.320 e. The Kier molecular flexibility index (Phi) is 6.83. The minimum absolute atomic E-state index is 0.118. The van der Waals surface area contributed by atoms with Gasteiger partial charge in [0, 0.05) is 17.3 Å². The summed E-state index contributed by atoms with van der Waals surface area (Å²) in [5, 5.41) is 13.1. The molecule has 2 aromatic heterocycles. The molecule has 4 rings (SSSR count). The molecule has 164 valence electrons. The average molecular weight is 490 g/mol. The Balaban J connectivity index is 1.52. The molecule has 0 saturated heterocycles. The Bertz CT molecular complexity index is 1340. The molecule has 0 fully saturated rings. The van der Waals surface area contributed by atoms with Crippen molar-refractivity contribution < 1.29 is 9.18 Å². The summed E-state index contributed by atoms with van der Waals surface area (Å²) in [4.78, 5) is 29.9. The predicted molar refractivity (Wildman–Crippen MR) is 125 cm³/mol. The second-order valence-electron chi connectivity index (χ2n) is 6.76. The zero-order chi connectivity index (χ0) is 22.7. The highest BCUT2D eigenvalue weighted by Crippen LogP contribution is 2.25. The topological polar surface area (TPSA) is 89.8 Å². The summed E-state index contributed by atoms with van der Waals surface area (Å²) in [5.41, 5.74) is 0.881. The Hall–Kier alpha value is -2.82. The quantitative estimate of drug-likeness (QED) is 0.290. The van der Waals surface area contributed by atoms with Crippen molar-refractivity contribution in [2.75, 3.05) is 5.32 Å². The fourth-order valence-corrected chi connectivity index (χ4v) is 4.86. The molecule has 11 heteroatoms. The standard InChI is InChI=1S/C21H17ClFN5O2S2/c1-2-9-28-20(30)15-8-3-12(22)10-16(15)25-21(28)31-11-17-26-27-19(32-17)18(29)24-14-6-4-13(23)5-7-14/h3-8,10H,2,9,11H2,1H3,(H,24,29). The number of thioether (sulfide) groups is 1. The van der Waals surface area contributed by atoms with Crippen molar-refractivity contribution in [1.29, 1.82) is 0 Å². The number of aromatic nitrogens is 4. The first kappa shape index (κ1) is 22.4. The summed E-state index contributed by atoms with van der Waals surface area (Å²) in [7, 11) is 0. The lowest BCUT2D eigenvalue weighted by molar-refractivity contribution is 0.102. The molecule has 0 aliphatic carbocycles. The van der Waals surface area contributed by atoms with E-state index in [0.717, 1.165) is 17.8 Å². The maximum atomic E-state index is 13.0. The van der Waals surface area contributed by atoms with Crippen LogP contribution in [0.5, 0.6) is 0 Å². The van der Waals surface area contributed by atoms with Gasteiger partial charge in [-0.3, -0.25) is 14.2 Å². The second-order valence-corrected chi connectivity index (χ2v) is 9.20. The van der Waals surface area contributed by atoms with E-state index in [1.165, 1.54) is 36.0 Å². The molecule has 0 spiro atoms. The van der Waals surface area contributed by atoms with Crippen molar-refractivity contribution in [3.8, 4) is 0 Å². The molecule has 1 N–H and O–H groups in total. The number of nitrogens with one attached hydrogen (secondary N) is 1. The van der Waals surface area contributed by atoms with Crippen molar-refractivity contribution in [3.05, 3.63) is 73.7 Å². The molecule has 0 atom stereocenters. The number of carbonyl (C=O) groups excluding carboxylic acids is 1. The fourth-order valence-electron chi connectivity index (χ4n) is 2.95. The van der Waals surface area contributed by atoms with Crippen LogP contribution in [-0.4, -0.2) is 25.7 Å². The number of benzene rings is 2. The molecule has 0 saturated carbocycles. The molecule has 0 aliphatic heterocycles. The first-order valence-electron chi connectivity index (χ1n) is 9.67. The van der Waals surface area contributed by atoms with E-state index in [2.05, 4.69) is 20.5 Å². The van der Waals surface area contributed by atoms with Crippen LogP contribution >= 0.6 is 34.7 Å². The Morgan fingerprint density at radius 1 is 1.22 bits per heavy atom. The molecule has 0 radical (unpaired) electrons. The van der Waals surface area contributed by atoms with E-state index in [0.29, 0.717) is 44.1 Å². The summed E-state index contributed by atoms with van der Waals surface area (Å²) < 4.78 is 14.7. The van der Waals surface area contributed by atoms with Crippen molar-refractivity contribution in [2.24, 2.45) is 0 Å². The lowest BCUT2D eigenvalue weighted by Gasteiger charge is -2.11. The van der Waals surface area contributed by atoms with Gasteiger partial charge in [-0.25, -0.2) is 9.37 Å². The highest BCUT2D eigenvalue weighted by molar-refractivity contribution is 7.98. The molecule has 0 bridgehead atoms. The minimum atomic E-state index is -0.424. The van der Waals surface area contributed by atoms with E-state index in [1.807, 2.05) is 6.92 Å². The molecule has 32 heavy (non-hydrogen) atoms. The molecule has 0 aliphatic rings. The number of nitrogens with zero attached hydrogens (tertiary/aromatic N) is 4. The number of carbonyl (C=O) groups is 1. The van der Waals surface area contributed by atoms with Gasteiger partial charge < -0.3 is 5.32 Å². The number of hydrogen-bond donors (Lipinski definition) is 1. The molecule has 1 amide bonds. The van der Waals surface area contributed by atoms with Crippen LogP contribution in [0, 0.1) is 5.82 Å². The molecule has 4 aromatic rings. The lowest BCUT2D eigenvalue weighted by Crippen LogP contribution is -2.23. The molecule has 7 nitrogen and oxygen atoms in total. The van der Waals surface area contributed by atoms with E-state index >= 15 is 0 Å². The third kappa shape index (κ3) is 4.98. The number of hydrogen-bond acceptors (Lipinski definition) is 7. The predicted octanol–water partition coefficient (Wildman–Crippen LogP) is 5.00. The van der Waals surface area contributed by atoms with Crippen LogP contribution in [0.2, 0.25) is 5.02 Å². The van der Waals surface area contributed by atoms with Crippen LogP contribution in [0.1, 0.15) is 28.2 Å². The second kappa shape index (κ2) is 9.76. The highest BCUT2D eigenvalue weighted by atomic mass is 35.5. The van der Waals surface area contributed by atoms with Crippen LogP contribution in [-0.2, 0) is 12.3 Å². The summed E-state index contributed by atoms with van der Waals surface area (Å²) in [6.45, 7) is 2.53. The van der Waals surface area contributed by atoms with Crippen molar-refractivity contribution in [2.45, 2.75) is 30.8 Å². The maximum absolute atomic E-state index is 13.0. The van der Waals surface area contributed by atoms with Gasteiger partial charge in [-0.05, 0) is 48.9 Å². The highest BCUT2D eigenvalue weighted by Gasteiger charge is 2.16. The average Bonchev–Trinajstić information content (AvgIpc) is 3.25. The van der Waals surface area contributed by atoms with Gasteiger partial charge in [-0.2, -0.15) is 0 Å². The van der Waals surface area contributed by atoms with E-state index in [9.17, 15) is 14.0 Å². The largest absolute Gasteiger partial charge is 0.320 e. The summed E-state index contributed by atoms with van der Waals surface area (Å²) in [6, 6.07) is 10.5. The lowest BCUT2D eigenvalue weighted by atomic mass is 10.2. The summed E-state index contributed by atoms with van der Waals surface area (Å²) >= 11 is 8.56. The maximum Gasteiger partial charge on any atom is 0.286 e. The van der Waals surface area contributed by atoms with Gasteiger partial charge in [-0.1, -0.05) is 41.6 Å². The van der Waals surface area contributed by atoms with Crippen molar-refractivity contribution in [1.82, 2.24) is 19.7 Å². The first-order chi connectivity index (χ1) is 15.4. The van der Waals surface area contributed by atoms with Crippen molar-refractivity contribution >= 4 is 57.2 Å². The fraction of sp³-hybridized carbons (Fsp3) is 0.190. The molecule has 0 unspecified atom stereocenters. The van der Waals surface area contributed by atoms with Gasteiger partial charge in [-0.15, -0.1) is 10.2 Å². The molecule has 2 heterocycles. The zero-order valence-corrected chi connectivity index (χ0v) is 19.2. The molecule has 2 aromatic carbocycles. The first-order valence-corrected chi connectivity index (χ1v) is 11.8. The van der Waals surface area contributed by atoms with Crippen LogP contribution in [0.3, 0.4) is 0 Å². The van der Waals surface area contributed by atoms with Crippen LogP contribution < -0.4 is 10.9 Å². The van der Waals surface area contributed by atoms with Gasteiger partial charge in [0.05, 0.1) is 16.7 Å². The number of anilines is 1. The number of amides is 1. The zero-order valence-electron chi connectivity index (χ0n) is 16.8. The normalized spacial score (nSPS) is 11.1. The van der Waals surface area contributed by atoms with E-state index in [4.69, 9.17) is 11.6 Å².